The lowest BCUT2D eigenvalue weighted by Crippen LogP contribution is -2.09. The molecule has 0 aliphatic heterocycles. The van der Waals surface area contributed by atoms with E-state index in [1.165, 1.54) is 0 Å². The van der Waals surface area contributed by atoms with Crippen molar-refractivity contribution in [3.63, 3.8) is 0 Å². The Morgan fingerprint density at radius 1 is 0.286 bits per heavy atom. The fraction of sp³-hybridized carbons (Fsp3) is 0.0645. The van der Waals surface area contributed by atoms with Crippen LogP contribution in [-0.4, -0.2) is 28.4 Å². The highest BCUT2D eigenvalue weighted by atomic mass is 16.5. The smallest absolute Gasteiger partial charge is 0.119 e. The lowest BCUT2D eigenvalue weighted by molar-refractivity contribution is 0.414. The molecular formula is C62H42N4O4. The van der Waals surface area contributed by atoms with Crippen molar-refractivity contribution in [2.45, 2.75) is 0 Å². The molecule has 0 unspecified atom stereocenters. The zero-order chi connectivity index (χ0) is 48.7. The summed E-state index contributed by atoms with van der Waals surface area (Å²) < 4.78 is 21.5. The van der Waals surface area contributed by atoms with Crippen molar-refractivity contribution in [3.05, 3.63) is 226 Å². The molecule has 0 radical (unpaired) electrons. The average Bonchev–Trinajstić information content (AvgIpc) is 3.42. The SMILES string of the molecule is COc1ccc(N(c2ccc(C#Cc3ccc(C#CC#Cc4ccc(C#Cc5ccc(N(c6ccc(OC)cc6)c6ccc(OC)cc6)cc5)c(C#N)c4)cc3C#N)cc2)c2ccc(OC)cc2)cc1. The van der Waals surface area contributed by atoms with E-state index in [9.17, 15) is 10.5 Å². The first-order valence-electron chi connectivity index (χ1n) is 21.9. The molecule has 0 aliphatic rings. The minimum Gasteiger partial charge on any atom is -0.497 e. The number of anilines is 6. The second-order valence-corrected chi connectivity index (χ2v) is 15.3. The monoisotopic (exact) mass is 906 g/mol. The van der Waals surface area contributed by atoms with Gasteiger partial charge in [-0.1, -0.05) is 35.5 Å². The summed E-state index contributed by atoms with van der Waals surface area (Å²) in [6.07, 6.45) is 0. The summed E-state index contributed by atoms with van der Waals surface area (Å²) in [5.74, 6) is 27.6. The summed E-state index contributed by atoms with van der Waals surface area (Å²) >= 11 is 0. The van der Waals surface area contributed by atoms with Crippen molar-refractivity contribution in [3.8, 4) is 82.5 Å². The molecular weight excluding hydrogens is 865 g/mol. The molecule has 0 saturated heterocycles. The van der Waals surface area contributed by atoms with E-state index in [0.717, 1.165) is 68.2 Å². The van der Waals surface area contributed by atoms with Crippen molar-refractivity contribution < 1.29 is 18.9 Å². The van der Waals surface area contributed by atoms with E-state index in [2.05, 4.69) is 69.3 Å². The summed E-state index contributed by atoms with van der Waals surface area (Å²) in [4.78, 5) is 4.27. The van der Waals surface area contributed by atoms with E-state index in [4.69, 9.17) is 18.9 Å². The highest BCUT2D eigenvalue weighted by Crippen LogP contribution is 2.38. The van der Waals surface area contributed by atoms with Crippen molar-refractivity contribution in [2.24, 2.45) is 0 Å². The third-order valence-electron chi connectivity index (χ3n) is 11.0. The molecule has 0 N–H and O–H groups in total. The number of benzene rings is 8. The summed E-state index contributed by atoms with van der Waals surface area (Å²) in [5.41, 5.74) is 10.6. The fourth-order valence-electron chi connectivity index (χ4n) is 7.34. The number of hydrogen-bond donors (Lipinski definition) is 0. The summed E-state index contributed by atoms with van der Waals surface area (Å²) in [6, 6.07) is 62.5. The molecule has 0 fully saturated rings. The molecule has 0 amide bonds. The second-order valence-electron chi connectivity index (χ2n) is 15.3. The van der Waals surface area contributed by atoms with Crippen molar-refractivity contribution in [1.29, 1.82) is 10.5 Å². The lowest BCUT2D eigenvalue weighted by Gasteiger charge is -2.25. The molecule has 8 aromatic rings. The number of ether oxygens (including phenoxy) is 4. The fourth-order valence-corrected chi connectivity index (χ4v) is 7.34. The normalized spacial score (nSPS) is 9.80. The van der Waals surface area contributed by atoms with Gasteiger partial charge in [0.15, 0.2) is 0 Å². The van der Waals surface area contributed by atoms with Gasteiger partial charge in [-0.3, -0.25) is 0 Å². The Kier molecular flexibility index (Phi) is 14.8. The van der Waals surface area contributed by atoms with Gasteiger partial charge in [-0.05, 0) is 194 Å². The molecule has 0 aromatic heterocycles. The van der Waals surface area contributed by atoms with E-state index in [-0.39, 0.29) is 0 Å². The zero-order valence-corrected chi connectivity index (χ0v) is 38.7. The van der Waals surface area contributed by atoms with E-state index in [0.29, 0.717) is 33.4 Å². The molecule has 334 valence electrons. The predicted octanol–water partition coefficient (Wildman–Crippen LogP) is 12.6. The number of methoxy groups -OCH3 is 4. The Morgan fingerprint density at radius 3 is 0.800 bits per heavy atom. The van der Waals surface area contributed by atoms with Gasteiger partial charge >= 0.3 is 0 Å². The first kappa shape index (κ1) is 46.3. The van der Waals surface area contributed by atoms with Crippen LogP contribution in [0.3, 0.4) is 0 Å². The van der Waals surface area contributed by atoms with Crippen LogP contribution in [0.2, 0.25) is 0 Å². The highest BCUT2D eigenvalue weighted by Gasteiger charge is 2.15. The standard InChI is InChI=1S/C62H42N4O4/c1-67-59-33-25-55(26-34-59)65(56-27-35-60(68-2)36-28-56)53-21-13-45(14-22-53)9-17-49-19-11-47(41-51(49)43-63)7-5-6-8-48-12-20-50(52(42-48)44-64)18-10-46-15-23-54(24-16-46)66(57-29-37-61(69-3)38-30-57)58-31-39-62(70-4)40-32-58/h11-16,19-42H,1-4H3. The van der Waals surface area contributed by atoms with Gasteiger partial charge in [-0.25, -0.2) is 0 Å². The number of rotatable bonds is 10. The summed E-state index contributed by atoms with van der Waals surface area (Å²) in [6.45, 7) is 0. The van der Waals surface area contributed by atoms with Crippen molar-refractivity contribution in [2.75, 3.05) is 38.2 Å². The van der Waals surface area contributed by atoms with Crippen LogP contribution in [0.4, 0.5) is 34.1 Å². The van der Waals surface area contributed by atoms with E-state index in [1.807, 2.05) is 158 Å². The Bertz CT molecular complexity index is 3160. The lowest BCUT2D eigenvalue weighted by atomic mass is 10.0. The molecule has 0 spiro atoms. The van der Waals surface area contributed by atoms with Gasteiger partial charge in [0.2, 0.25) is 0 Å². The Morgan fingerprint density at radius 2 is 0.543 bits per heavy atom. The Hall–Kier alpha value is -10.2. The molecule has 0 atom stereocenters. The Balaban J connectivity index is 0.934. The summed E-state index contributed by atoms with van der Waals surface area (Å²) in [5, 5.41) is 20.0. The molecule has 8 nitrogen and oxygen atoms in total. The average molecular weight is 907 g/mol. The van der Waals surface area contributed by atoms with Crippen LogP contribution in [0.1, 0.15) is 44.5 Å². The number of hydrogen-bond acceptors (Lipinski definition) is 8. The molecule has 8 rings (SSSR count). The maximum Gasteiger partial charge on any atom is 0.119 e. The molecule has 0 heterocycles. The van der Waals surface area contributed by atoms with Crippen LogP contribution in [-0.2, 0) is 0 Å². The third-order valence-corrected chi connectivity index (χ3v) is 11.0. The highest BCUT2D eigenvalue weighted by molar-refractivity contribution is 5.79. The predicted molar refractivity (Wildman–Crippen MR) is 276 cm³/mol. The van der Waals surface area contributed by atoms with Gasteiger partial charge in [-0.2, -0.15) is 10.5 Å². The molecule has 8 heteroatoms. The van der Waals surface area contributed by atoms with Gasteiger partial charge in [0.25, 0.3) is 0 Å². The van der Waals surface area contributed by atoms with Crippen LogP contribution in [0.15, 0.2) is 182 Å². The van der Waals surface area contributed by atoms with Crippen molar-refractivity contribution >= 4 is 34.1 Å². The topological polar surface area (TPSA) is 91.0 Å². The van der Waals surface area contributed by atoms with Crippen LogP contribution in [0, 0.1) is 70.0 Å². The number of nitriles is 2. The summed E-state index contributed by atoms with van der Waals surface area (Å²) in [7, 11) is 6.59. The van der Waals surface area contributed by atoms with Gasteiger partial charge in [0.1, 0.15) is 35.1 Å². The maximum atomic E-state index is 9.99. The molecule has 0 bridgehead atoms. The van der Waals surface area contributed by atoms with E-state index < -0.39 is 0 Å². The van der Waals surface area contributed by atoms with Gasteiger partial charge in [-0.15, -0.1) is 0 Å². The minimum absolute atomic E-state index is 0.407. The van der Waals surface area contributed by atoms with Gasteiger partial charge in [0, 0.05) is 67.5 Å². The molecule has 8 aromatic carbocycles. The molecule has 0 saturated carbocycles. The third kappa shape index (κ3) is 11.2. The van der Waals surface area contributed by atoms with E-state index in [1.54, 1.807) is 52.7 Å². The first-order chi connectivity index (χ1) is 34.4. The van der Waals surface area contributed by atoms with Gasteiger partial charge in [0.05, 0.1) is 39.6 Å². The van der Waals surface area contributed by atoms with Crippen LogP contribution < -0.4 is 28.7 Å². The number of nitrogens with zero attached hydrogens (tertiary/aromatic N) is 4. The van der Waals surface area contributed by atoms with Crippen LogP contribution in [0.5, 0.6) is 23.0 Å². The van der Waals surface area contributed by atoms with Gasteiger partial charge < -0.3 is 28.7 Å². The zero-order valence-electron chi connectivity index (χ0n) is 38.7. The van der Waals surface area contributed by atoms with Crippen LogP contribution >= 0.6 is 0 Å². The van der Waals surface area contributed by atoms with E-state index >= 15 is 0 Å². The van der Waals surface area contributed by atoms with Crippen LogP contribution in [0.25, 0.3) is 0 Å². The molecule has 70 heavy (non-hydrogen) atoms. The van der Waals surface area contributed by atoms with Crippen molar-refractivity contribution in [1.82, 2.24) is 0 Å². The Labute approximate surface area is 409 Å². The quantitative estimate of drug-likeness (QED) is 0.125. The first-order valence-corrected chi connectivity index (χ1v) is 21.9. The second kappa shape index (κ2) is 22.3. The minimum atomic E-state index is 0.407. The molecule has 0 aliphatic carbocycles. The largest absolute Gasteiger partial charge is 0.497 e. The maximum absolute atomic E-state index is 9.99.